The van der Waals surface area contributed by atoms with Gasteiger partial charge in [0.25, 0.3) is 0 Å². The summed E-state index contributed by atoms with van der Waals surface area (Å²) in [5.41, 5.74) is 2.34. The molecule has 0 amide bonds. The van der Waals surface area contributed by atoms with Gasteiger partial charge in [0.2, 0.25) is 6.79 Å². The minimum Gasteiger partial charge on any atom is -0.493 e. The van der Waals surface area contributed by atoms with Crippen LogP contribution >= 0.6 is 0 Å². The Kier molecular flexibility index (Phi) is 6.48. The van der Waals surface area contributed by atoms with Crippen molar-refractivity contribution in [3.63, 3.8) is 0 Å². The van der Waals surface area contributed by atoms with Gasteiger partial charge >= 0.3 is 5.97 Å². The van der Waals surface area contributed by atoms with E-state index in [-0.39, 0.29) is 20.0 Å². The molecule has 190 valence electrons. The number of hydrogen-bond donors (Lipinski definition) is 1. The third-order valence-electron chi connectivity index (χ3n) is 6.33. The van der Waals surface area contributed by atoms with Gasteiger partial charge in [0.1, 0.15) is 25.1 Å². The summed E-state index contributed by atoms with van der Waals surface area (Å²) in [5, 5.41) is 11.4. The zero-order valence-corrected chi connectivity index (χ0v) is 20.3. The molecule has 2 atom stereocenters. The third-order valence-corrected chi connectivity index (χ3v) is 6.33. The molecule has 2 aliphatic rings. The van der Waals surface area contributed by atoms with E-state index in [0.717, 1.165) is 5.56 Å². The van der Waals surface area contributed by atoms with Crippen LogP contribution in [0, 0.1) is 0 Å². The second-order valence-electron chi connectivity index (χ2n) is 8.17. The molecule has 2 aliphatic heterocycles. The molecule has 0 radical (unpaired) electrons. The van der Waals surface area contributed by atoms with E-state index in [1.165, 1.54) is 21.3 Å². The van der Waals surface area contributed by atoms with E-state index in [1.807, 2.05) is 12.1 Å². The minimum absolute atomic E-state index is 0.0236. The smallest absolute Gasteiger partial charge is 0.339 e. The molecule has 10 nitrogen and oxygen atoms in total. The highest BCUT2D eigenvalue weighted by molar-refractivity contribution is 6.14. The second kappa shape index (κ2) is 9.73. The summed E-state index contributed by atoms with van der Waals surface area (Å²) in [5.74, 6) is 2.12. The highest BCUT2D eigenvalue weighted by Crippen LogP contribution is 2.49. The van der Waals surface area contributed by atoms with Crippen molar-refractivity contribution in [3.05, 3.63) is 41.5 Å². The van der Waals surface area contributed by atoms with Crippen molar-refractivity contribution in [3.8, 4) is 39.9 Å². The fourth-order valence-electron chi connectivity index (χ4n) is 4.51. The first-order chi connectivity index (χ1) is 17.5. The Morgan fingerprint density at radius 2 is 1.61 bits per heavy atom. The molecule has 5 rings (SSSR count). The van der Waals surface area contributed by atoms with Crippen LogP contribution in [0.15, 0.2) is 30.3 Å². The lowest BCUT2D eigenvalue weighted by molar-refractivity contribution is -0.163. The van der Waals surface area contributed by atoms with Gasteiger partial charge in [0, 0.05) is 30.7 Å². The first-order valence-electron chi connectivity index (χ1n) is 11.2. The van der Waals surface area contributed by atoms with Crippen molar-refractivity contribution in [2.75, 3.05) is 41.8 Å². The van der Waals surface area contributed by atoms with Crippen molar-refractivity contribution in [1.82, 2.24) is 0 Å². The second-order valence-corrected chi connectivity index (χ2v) is 8.17. The Morgan fingerprint density at radius 1 is 0.889 bits per heavy atom. The SMILES string of the molecule is COc1cc2c(OCC(OC)C(O)OC)c3c(c(-c4ccc5c(c4)OCO5)c2cc1OC)C(=O)OC3. The molecule has 10 heteroatoms. The molecule has 1 N–H and O–H groups in total. The molecule has 0 spiro atoms. The lowest BCUT2D eigenvalue weighted by atomic mass is 9.89. The Morgan fingerprint density at radius 3 is 2.31 bits per heavy atom. The van der Waals surface area contributed by atoms with Crippen molar-refractivity contribution in [1.29, 1.82) is 0 Å². The number of aliphatic hydroxyl groups excluding tert-OH is 1. The minimum atomic E-state index is -1.20. The molecule has 0 aliphatic carbocycles. The average Bonchev–Trinajstić information content (AvgIpc) is 3.53. The molecule has 0 bridgehead atoms. The number of hydrogen-bond acceptors (Lipinski definition) is 10. The van der Waals surface area contributed by atoms with E-state index >= 15 is 0 Å². The number of methoxy groups -OCH3 is 4. The van der Waals surface area contributed by atoms with Gasteiger partial charge in [-0.1, -0.05) is 6.07 Å². The highest BCUT2D eigenvalue weighted by atomic mass is 16.7. The summed E-state index contributed by atoms with van der Waals surface area (Å²) < 4.78 is 44.1. The summed E-state index contributed by atoms with van der Waals surface area (Å²) in [6.07, 6.45) is -1.97. The van der Waals surface area contributed by atoms with Crippen molar-refractivity contribution < 1.29 is 47.8 Å². The van der Waals surface area contributed by atoms with Crippen LogP contribution in [0.3, 0.4) is 0 Å². The van der Waals surface area contributed by atoms with Gasteiger partial charge in [0.15, 0.2) is 29.3 Å². The third kappa shape index (κ3) is 3.93. The fourth-order valence-corrected chi connectivity index (χ4v) is 4.51. The number of fused-ring (bicyclic) bond motifs is 3. The number of rotatable bonds is 9. The van der Waals surface area contributed by atoms with Crippen molar-refractivity contribution in [2.45, 2.75) is 19.0 Å². The first-order valence-corrected chi connectivity index (χ1v) is 11.2. The average molecular weight is 498 g/mol. The summed E-state index contributed by atoms with van der Waals surface area (Å²) in [7, 11) is 5.90. The maximum Gasteiger partial charge on any atom is 0.339 e. The topological polar surface area (TPSA) is 111 Å². The number of esters is 1. The van der Waals surface area contributed by atoms with Crippen LogP contribution in [0.2, 0.25) is 0 Å². The molecule has 3 aromatic rings. The van der Waals surface area contributed by atoms with Crippen LogP contribution in [-0.4, -0.2) is 65.3 Å². The first kappa shape index (κ1) is 24.0. The lowest BCUT2D eigenvalue weighted by Crippen LogP contribution is -2.35. The molecule has 2 heterocycles. The molecule has 0 saturated carbocycles. The highest BCUT2D eigenvalue weighted by Gasteiger charge is 2.34. The standard InChI is InChI=1S/C26H26O10/c1-29-18-8-14-15(9-19(18)30-2)24(33-11-21(31-3)25(27)32-4)16-10-34-26(28)23(16)22(14)13-5-6-17-20(7-13)36-12-35-17/h5-9,21,25,27H,10-12H2,1-4H3. The Labute approximate surface area is 207 Å². The number of aliphatic hydroxyl groups is 1. The quantitative estimate of drug-likeness (QED) is 0.349. The van der Waals surface area contributed by atoms with Crippen LogP contribution in [0.25, 0.3) is 21.9 Å². The number of benzene rings is 3. The number of ether oxygens (including phenoxy) is 8. The van der Waals surface area contributed by atoms with Crippen LogP contribution < -0.4 is 23.7 Å². The van der Waals surface area contributed by atoms with Crippen LogP contribution in [0.5, 0.6) is 28.7 Å². The van der Waals surface area contributed by atoms with Crippen molar-refractivity contribution >= 4 is 16.7 Å². The molecule has 36 heavy (non-hydrogen) atoms. The molecular formula is C26H26O10. The molecule has 0 aromatic heterocycles. The molecule has 0 saturated heterocycles. The van der Waals surface area contributed by atoms with Crippen LogP contribution in [-0.2, 0) is 20.8 Å². The van der Waals surface area contributed by atoms with Crippen molar-refractivity contribution in [2.24, 2.45) is 0 Å². The normalized spacial score (nSPS) is 15.4. The van der Waals surface area contributed by atoms with Gasteiger partial charge in [-0.2, -0.15) is 0 Å². The number of carbonyl (C=O) groups is 1. The lowest BCUT2D eigenvalue weighted by Gasteiger charge is -2.23. The maximum atomic E-state index is 13.0. The van der Waals surface area contributed by atoms with Gasteiger partial charge in [-0.25, -0.2) is 4.79 Å². The van der Waals surface area contributed by atoms with Gasteiger partial charge in [-0.05, 0) is 35.2 Å². The summed E-state index contributed by atoms with van der Waals surface area (Å²) in [6, 6.07) is 9.08. The van der Waals surface area contributed by atoms with E-state index in [0.29, 0.717) is 56.2 Å². The number of cyclic esters (lactones) is 1. The van der Waals surface area contributed by atoms with E-state index < -0.39 is 18.4 Å². The van der Waals surface area contributed by atoms with Crippen LogP contribution in [0.4, 0.5) is 0 Å². The Balaban J connectivity index is 1.76. The van der Waals surface area contributed by atoms with Gasteiger partial charge in [-0.15, -0.1) is 0 Å². The molecule has 3 aromatic carbocycles. The largest absolute Gasteiger partial charge is 0.493 e. The summed E-state index contributed by atoms with van der Waals surface area (Å²) >= 11 is 0. The van der Waals surface area contributed by atoms with E-state index in [1.54, 1.807) is 25.3 Å². The predicted molar refractivity (Wildman–Crippen MR) is 127 cm³/mol. The maximum absolute atomic E-state index is 13.0. The fraction of sp³-hybridized carbons (Fsp3) is 0.346. The Bertz CT molecular complexity index is 1320. The Hall–Kier alpha value is -3.73. The van der Waals surface area contributed by atoms with E-state index in [2.05, 4.69) is 0 Å². The molecule has 0 fully saturated rings. The van der Waals surface area contributed by atoms with Gasteiger partial charge in [-0.3, -0.25) is 0 Å². The predicted octanol–water partition coefficient (Wildman–Crippen LogP) is 3.28. The molecular weight excluding hydrogens is 472 g/mol. The van der Waals surface area contributed by atoms with Gasteiger partial charge < -0.3 is 43.0 Å². The monoisotopic (exact) mass is 498 g/mol. The van der Waals surface area contributed by atoms with E-state index in [9.17, 15) is 9.90 Å². The zero-order chi connectivity index (χ0) is 25.4. The molecule has 2 unspecified atom stereocenters. The van der Waals surface area contributed by atoms with E-state index in [4.69, 9.17) is 37.9 Å². The number of carbonyl (C=O) groups excluding carboxylic acids is 1. The van der Waals surface area contributed by atoms with Gasteiger partial charge in [0.05, 0.1) is 19.8 Å². The van der Waals surface area contributed by atoms with Crippen LogP contribution in [0.1, 0.15) is 15.9 Å². The summed E-state index contributed by atoms with van der Waals surface area (Å²) in [6.45, 7) is 0.111. The zero-order valence-electron chi connectivity index (χ0n) is 20.3. The summed E-state index contributed by atoms with van der Waals surface area (Å²) in [4.78, 5) is 13.0.